The molecule has 1 saturated carbocycles. The number of carbonyl (C=O) groups is 2. The molecule has 1 aromatic heterocycles. The Labute approximate surface area is 216 Å². The van der Waals surface area contributed by atoms with Gasteiger partial charge in [0, 0.05) is 11.5 Å². The van der Waals surface area contributed by atoms with Gasteiger partial charge in [0.2, 0.25) is 0 Å². The Balaban J connectivity index is 1.41. The molecule has 2 aromatic carbocycles. The summed E-state index contributed by atoms with van der Waals surface area (Å²) < 4.78 is 49.7. The fraction of sp³-hybridized carbons (Fsp3) is 0.333. The zero-order valence-corrected chi connectivity index (χ0v) is 20.9. The van der Waals surface area contributed by atoms with Crippen molar-refractivity contribution in [3.8, 4) is 22.9 Å². The molecule has 1 fully saturated rings. The zero-order valence-electron chi connectivity index (χ0n) is 20.9. The van der Waals surface area contributed by atoms with E-state index in [9.17, 15) is 27.9 Å². The Morgan fingerprint density at radius 3 is 2.37 bits per heavy atom. The van der Waals surface area contributed by atoms with Crippen molar-refractivity contribution in [2.45, 2.75) is 51.3 Å². The van der Waals surface area contributed by atoms with Crippen LogP contribution in [0.2, 0.25) is 0 Å². The second-order valence-corrected chi connectivity index (χ2v) is 9.52. The topological polar surface area (TPSA) is 111 Å². The van der Waals surface area contributed by atoms with Gasteiger partial charge >= 0.3 is 12.1 Å². The summed E-state index contributed by atoms with van der Waals surface area (Å²) in [6.07, 6.45) is -1.21. The number of carbonyl (C=O) groups excluding carboxylic acids is 1. The molecule has 0 unspecified atom stereocenters. The smallest absolute Gasteiger partial charge is 0.416 e. The molecule has 1 heterocycles. The fourth-order valence-corrected chi connectivity index (χ4v) is 3.59. The molecule has 1 amide bonds. The third-order valence-electron chi connectivity index (χ3n) is 5.92. The van der Waals surface area contributed by atoms with Gasteiger partial charge < -0.3 is 19.9 Å². The van der Waals surface area contributed by atoms with Gasteiger partial charge in [0.25, 0.3) is 5.91 Å². The van der Waals surface area contributed by atoms with Crippen molar-refractivity contribution in [2.24, 2.45) is 0 Å². The van der Waals surface area contributed by atoms with Gasteiger partial charge in [-0.1, -0.05) is 12.1 Å². The minimum Gasteiger partial charge on any atom is -0.484 e. The molecule has 0 bridgehead atoms. The zero-order chi connectivity index (χ0) is 27.7. The summed E-state index contributed by atoms with van der Waals surface area (Å²) in [5.41, 5.74) is -0.0319. The summed E-state index contributed by atoms with van der Waals surface area (Å²) in [4.78, 5) is 32.7. The first-order chi connectivity index (χ1) is 17.8. The van der Waals surface area contributed by atoms with Gasteiger partial charge in [0.1, 0.15) is 11.5 Å². The number of hydrogen-bond acceptors (Lipinski definition) is 6. The van der Waals surface area contributed by atoms with E-state index in [1.807, 2.05) is 0 Å². The van der Waals surface area contributed by atoms with Crippen LogP contribution in [0.5, 0.6) is 11.5 Å². The lowest BCUT2D eigenvalue weighted by Crippen LogP contribution is -2.38. The van der Waals surface area contributed by atoms with E-state index < -0.39 is 29.2 Å². The van der Waals surface area contributed by atoms with Gasteiger partial charge in [0.15, 0.2) is 18.0 Å². The molecule has 0 spiro atoms. The average Bonchev–Trinajstić information content (AvgIpc) is 3.69. The monoisotopic (exact) mass is 529 g/mol. The van der Waals surface area contributed by atoms with Crippen LogP contribution < -0.4 is 14.8 Å². The normalized spacial score (nSPS) is 13.6. The number of hydrogen-bond donors (Lipinski definition) is 2. The van der Waals surface area contributed by atoms with Crippen LogP contribution in [0.4, 0.5) is 18.9 Å². The van der Waals surface area contributed by atoms with Crippen molar-refractivity contribution >= 4 is 17.6 Å². The molecular formula is C27H26F3N3O5. The summed E-state index contributed by atoms with van der Waals surface area (Å²) in [5, 5.41) is 12.0. The number of aliphatic carboxylic acids is 1. The summed E-state index contributed by atoms with van der Waals surface area (Å²) in [6, 6.07) is 9.39. The Morgan fingerprint density at radius 2 is 1.79 bits per heavy atom. The third-order valence-corrected chi connectivity index (χ3v) is 5.92. The van der Waals surface area contributed by atoms with E-state index in [0.717, 1.165) is 25.0 Å². The van der Waals surface area contributed by atoms with Gasteiger partial charge in [-0.2, -0.15) is 13.2 Å². The van der Waals surface area contributed by atoms with Crippen molar-refractivity contribution in [1.29, 1.82) is 0 Å². The number of anilines is 1. The molecular weight excluding hydrogens is 503 g/mol. The van der Waals surface area contributed by atoms with E-state index in [1.54, 1.807) is 25.1 Å². The molecule has 200 valence electrons. The number of rotatable bonds is 9. The van der Waals surface area contributed by atoms with Gasteiger partial charge in [-0.3, -0.25) is 4.79 Å². The third kappa shape index (κ3) is 6.39. The van der Waals surface area contributed by atoms with Gasteiger partial charge in [-0.25, -0.2) is 14.8 Å². The lowest BCUT2D eigenvalue weighted by Gasteiger charge is -2.23. The lowest BCUT2D eigenvalue weighted by atomic mass is 10.1. The Hall–Kier alpha value is -4.15. The molecule has 3 aromatic rings. The number of benzene rings is 2. The number of ether oxygens (including phenoxy) is 2. The first-order valence-corrected chi connectivity index (χ1v) is 11.8. The maximum absolute atomic E-state index is 12.9. The highest BCUT2D eigenvalue weighted by atomic mass is 19.4. The summed E-state index contributed by atoms with van der Waals surface area (Å²) in [7, 11) is 0. The Bertz CT molecular complexity index is 1350. The van der Waals surface area contributed by atoms with Crippen LogP contribution in [0.3, 0.4) is 0 Å². The maximum atomic E-state index is 12.9. The van der Waals surface area contributed by atoms with Crippen LogP contribution in [0.1, 0.15) is 49.4 Å². The van der Waals surface area contributed by atoms with E-state index in [4.69, 9.17) is 9.47 Å². The van der Waals surface area contributed by atoms with Gasteiger partial charge in [-0.15, -0.1) is 0 Å². The van der Waals surface area contributed by atoms with Crippen molar-refractivity contribution < 1.29 is 37.3 Å². The average molecular weight is 530 g/mol. The number of halogens is 3. The predicted molar refractivity (Wildman–Crippen MR) is 132 cm³/mol. The molecule has 1 aliphatic rings. The lowest BCUT2D eigenvalue weighted by molar-refractivity contribution is -0.152. The quantitative estimate of drug-likeness (QED) is 0.371. The molecule has 0 atom stereocenters. The first kappa shape index (κ1) is 26.9. The first-order valence-electron chi connectivity index (χ1n) is 11.8. The van der Waals surface area contributed by atoms with Gasteiger partial charge in [0.05, 0.1) is 23.1 Å². The Morgan fingerprint density at radius 1 is 1.11 bits per heavy atom. The molecule has 0 saturated heterocycles. The Kier molecular flexibility index (Phi) is 7.30. The minimum absolute atomic E-state index is 0.132. The van der Waals surface area contributed by atoms with E-state index in [2.05, 4.69) is 15.3 Å². The molecule has 2 N–H and O–H groups in total. The number of alkyl halides is 3. The van der Waals surface area contributed by atoms with Crippen LogP contribution in [0.25, 0.3) is 11.4 Å². The summed E-state index contributed by atoms with van der Waals surface area (Å²) >= 11 is 0. The van der Waals surface area contributed by atoms with Gasteiger partial charge in [-0.05, 0) is 69.5 Å². The largest absolute Gasteiger partial charge is 0.484 e. The molecule has 1 aliphatic carbocycles. The highest BCUT2D eigenvalue weighted by Crippen LogP contribution is 2.43. The molecule has 4 rings (SSSR count). The van der Waals surface area contributed by atoms with Crippen molar-refractivity contribution in [3.05, 3.63) is 65.5 Å². The predicted octanol–water partition coefficient (Wildman–Crippen LogP) is 5.61. The van der Waals surface area contributed by atoms with Crippen LogP contribution in [-0.4, -0.2) is 39.2 Å². The van der Waals surface area contributed by atoms with Crippen molar-refractivity contribution in [1.82, 2.24) is 9.97 Å². The highest BCUT2D eigenvalue weighted by molar-refractivity contribution is 5.92. The van der Waals surface area contributed by atoms with E-state index in [1.165, 1.54) is 32.2 Å². The van der Waals surface area contributed by atoms with Crippen molar-refractivity contribution in [3.63, 3.8) is 0 Å². The number of carboxylic acid groups (broad SMARTS) is 1. The number of carboxylic acids is 1. The highest BCUT2D eigenvalue weighted by Gasteiger charge is 2.32. The van der Waals surface area contributed by atoms with E-state index >= 15 is 0 Å². The standard InChI is InChI=1S/C27H26F3N3O5/c1-15-12-19(10-11-21(15)38-26(2,3)25(35)36)37-14-22(34)32-20-13-31-24(33-23(20)16-4-5-16)17-6-8-18(9-7-17)27(28,29)30/h6-13,16H,4-5,14H2,1-3H3,(H,32,34)(H,35,36). The van der Waals surface area contributed by atoms with Crippen LogP contribution in [0, 0.1) is 6.92 Å². The number of amides is 1. The molecule has 0 aliphatic heterocycles. The molecule has 0 radical (unpaired) electrons. The molecule has 38 heavy (non-hydrogen) atoms. The van der Waals surface area contributed by atoms with Crippen LogP contribution >= 0.6 is 0 Å². The second kappa shape index (κ2) is 10.3. The fourth-order valence-electron chi connectivity index (χ4n) is 3.59. The number of aryl methyl sites for hydroxylation is 1. The number of nitrogens with zero attached hydrogens (tertiary/aromatic N) is 2. The number of nitrogens with one attached hydrogen (secondary N) is 1. The molecule has 8 nitrogen and oxygen atoms in total. The number of aromatic nitrogens is 2. The van der Waals surface area contributed by atoms with E-state index in [-0.39, 0.29) is 18.3 Å². The minimum atomic E-state index is -4.43. The van der Waals surface area contributed by atoms with Crippen LogP contribution in [-0.2, 0) is 15.8 Å². The molecule has 11 heteroatoms. The summed E-state index contributed by atoms with van der Waals surface area (Å²) in [6.45, 7) is 4.32. The van der Waals surface area contributed by atoms with Crippen molar-refractivity contribution in [2.75, 3.05) is 11.9 Å². The summed E-state index contributed by atoms with van der Waals surface area (Å²) in [5.74, 6) is -0.354. The van der Waals surface area contributed by atoms with E-state index in [0.29, 0.717) is 34.0 Å². The maximum Gasteiger partial charge on any atom is 0.416 e. The van der Waals surface area contributed by atoms with Crippen LogP contribution in [0.15, 0.2) is 48.7 Å². The second-order valence-electron chi connectivity index (χ2n) is 9.52. The SMILES string of the molecule is Cc1cc(OCC(=O)Nc2cnc(-c3ccc(C(F)(F)F)cc3)nc2C2CC2)ccc1OC(C)(C)C(=O)O.